The second-order valence-corrected chi connectivity index (χ2v) is 14.5. The minimum Gasteiger partial charge on any atom is -0.354 e. The molecule has 2 amide bonds. The van der Waals surface area contributed by atoms with Crippen LogP contribution >= 0.6 is 34.8 Å². The monoisotopic (exact) mass is 699 g/mol. The maximum Gasteiger partial charge on any atom is 0.264 e. The van der Waals surface area contributed by atoms with E-state index in [-0.39, 0.29) is 35.4 Å². The molecule has 1 atom stereocenters. The highest BCUT2D eigenvalue weighted by Crippen LogP contribution is 2.28. The van der Waals surface area contributed by atoms with Crippen molar-refractivity contribution >= 4 is 62.3 Å². The molecule has 7 nitrogen and oxygen atoms in total. The number of sulfonamides is 1. The van der Waals surface area contributed by atoms with Crippen LogP contribution in [0.4, 0.5) is 5.69 Å². The minimum absolute atomic E-state index is 0.0173. The summed E-state index contributed by atoms with van der Waals surface area (Å²) in [5, 5.41) is 4.11. The SMILES string of the molecule is Cc1ccc(S(=O)(=O)N(CC(=O)N(Cc2ccc(Cl)cc2Cl)[C@H](Cc2ccccc2)C(=O)NCC(C)C)c2ccc(Cl)cc2)cc1. The van der Waals surface area contributed by atoms with Crippen LogP contribution in [0.1, 0.15) is 30.5 Å². The van der Waals surface area contributed by atoms with Crippen molar-refractivity contribution in [3.05, 3.63) is 129 Å². The van der Waals surface area contributed by atoms with Crippen LogP contribution in [0.15, 0.2) is 102 Å². The van der Waals surface area contributed by atoms with Gasteiger partial charge in [-0.25, -0.2) is 8.42 Å². The summed E-state index contributed by atoms with van der Waals surface area (Å²) in [6.45, 7) is 5.54. The van der Waals surface area contributed by atoms with E-state index in [0.29, 0.717) is 27.2 Å². The smallest absolute Gasteiger partial charge is 0.264 e. The third-order valence-corrected chi connectivity index (χ3v) is 9.94. The average Bonchev–Trinajstić information content (AvgIpc) is 3.02. The number of carbonyl (C=O) groups is 2. The molecule has 242 valence electrons. The van der Waals surface area contributed by atoms with Gasteiger partial charge in [0.2, 0.25) is 11.8 Å². The number of benzene rings is 4. The summed E-state index contributed by atoms with van der Waals surface area (Å²) in [6.07, 6.45) is 0.188. The molecule has 46 heavy (non-hydrogen) atoms. The summed E-state index contributed by atoms with van der Waals surface area (Å²) in [7, 11) is -4.23. The molecule has 0 radical (unpaired) electrons. The molecule has 0 heterocycles. The van der Waals surface area contributed by atoms with Gasteiger partial charge in [0.15, 0.2) is 0 Å². The number of halogens is 3. The minimum atomic E-state index is -4.23. The van der Waals surface area contributed by atoms with Crippen molar-refractivity contribution in [1.82, 2.24) is 10.2 Å². The topological polar surface area (TPSA) is 86.8 Å². The van der Waals surface area contributed by atoms with Crippen molar-refractivity contribution in [3.63, 3.8) is 0 Å². The van der Waals surface area contributed by atoms with Crippen LogP contribution in [0.3, 0.4) is 0 Å². The van der Waals surface area contributed by atoms with Gasteiger partial charge in [0, 0.05) is 34.6 Å². The number of hydrogen-bond acceptors (Lipinski definition) is 4. The van der Waals surface area contributed by atoms with E-state index in [2.05, 4.69) is 5.32 Å². The van der Waals surface area contributed by atoms with Crippen LogP contribution in [0, 0.1) is 12.8 Å². The van der Waals surface area contributed by atoms with Gasteiger partial charge in [0.05, 0.1) is 10.6 Å². The van der Waals surface area contributed by atoms with E-state index < -0.39 is 28.5 Å². The molecule has 0 aliphatic carbocycles. The molecule has 4 aromatic rings. The van der Waals surface area contributed by atoms with E-state index in [1.165, 1.54) is 17.0 Å². The highest BCUT2D eigenvalue weighted by atomic mass is 35.5. The van der Waals surface area contributed by atoms with Gasteiger partial charge in [-0.2, -0.15) is 0 Å². The predicted molar refractivity (Wildman–Crippen MR) is 186 cm³/mol. The van der Waals surface area contributed by atoms with Gasteiger partial charge in [-0.05, 0) is 72.5 Å². The summed E-state index contributed by atoms with van der Waals surface area (Å²) in [4.78, 5) is 29.8. The Kier molecular flexibility index (Phi) is 12.1. The highest BCUT2D eigenvalue weighted by Gasteiger charge is 2.35. The quantitative estimate of drug-likeness (QED) is 0.156. The predicted octanol–water partition coefficient (Wildman–Crippen LogP) is 7.56. The Morgan fingerprint density at radius 1 is 0.826 bits per heavy atom. The lowest BCUT2D eigenvalue weighted by molar-refractivity contribution is -0.140. The van der Waals surface area contributed by atoms with Gasteiger partial charge in [-0.1, -0.05) is 103 Å². The van der Waals surface area contributed by atoms with E-state index in [0.717, 1.165) is 15.4 Å². The Balaban J connectivity index is 1.81. The maximum absolute atomic E-state index is 14.5. The molecule has 0 unspecified atom stereocenters. The summed E-state index contributed by atoms with van der Waals surface area (Å²) in [5.41, 5.74) is 2.50. The van der Waals surface area contributed by atoms with E-state index in [1.54, 1.807) is 54.6 Å². The first-order valence-electron chi connectivity index (χ1n) is 14.7. The molecule has 4 aromatic carbocycles. The lowest BCUT2D eigenvalue weighted by atomic mass is 10.0. The van der Waals surface area contributed by atoms with Crippen molar-refractivity contribution in [2.24, 2.45) is 5.92 Å². The Morgan fingerprint density at radius 3 is 2.07 bits per heavy atom. The number of carbonyl (C=O) groups excluding carboxylic acids is 2. The van der Waals surface area contributed by atoms with Gasteiger partial charge < -0.3 is 10.2 Å². The second kappa shape index (κ2) is 15.8. The number of nitrogens with zero attached hydrogens (tertiary/aromatic N) is 2. The number of anilines is 1. The molecule has 1 N–H and O–H groups in total. The molecular weight excluding hydrogens is 665 g/mol. The maximum atomic E-state index is 14.5. The Bertz CT molecular complexity index is 1750. The van der Waals surface area contributed by atoms with Crippen molar-refractivity contribution in [3.8, 4) is 0 Å². The number of rotatable bonds is 13. The first kappa shape index (κ1) is 35.3. The lowest BCUT2D eigenvalue weighted by Crippen LogP contribution is -2.53. The Hall–Kier alpha value is -3.56. The van der Waals surface area contributed by atoms with Crippen LogP contribution < -0.4 is 9.62 Å². The average molecular weight is 701 g/mol. The molecular formula is C35H36Cl3N3O4S. The lowest BCUT2D eigenvalue weighted by Gasteiger charge is -2.34. The molecule has 0 fully saturated rings. The van der Waals surface area contributed by atoms with Crippen LogP contribution in [-0.2, 0) is 32.6 Å². The molecule has 0 bridgehead atoms. The number of nitrogens with one attached hydrogen (secondary N) is 1. The normalized spacial score (nSPS) is 12.1. The molecule has 11 heteroatoms. The van der Waals surface area contributed by atoms with Gasteiger partial charge in [0.25, 0.3) is 10.0 Å². The standard InChI is InChI=1S/C35H36Cl3N3O4S/c1-24(2)21-39-35(43)33(19-26-7-5-4-6-8-26)40(22-27-11-12-29(37)20-32(27)38)34(42)23-41(30-15-13-28(36)14-16-30)46(44,45)31-17-9-25(3)10-18-31/h4-18,20,24,33H,19,21-23H2,1-3H3,(H,39,43)/t33-/m1/s1. The first-order chi connectivity index (χ1) is 21.8. The van der Waals surface area contributed by atoms with Crippen molar-refractivity contribution in [1.29, 1.82) is 0 Å². The van der Waals surface area contributed by atoms with E-state index >= 15 is 0 Å². The fourth-order valence-electron chi connectivity index (χ4n) is 4.78. The molecule has 4 rings (SSSR count). The van der Waals surface area contributed by atoms with Gasteiger partial charge >= 0.3 is 0 Å². The van der Waals surface area contributed by atoms with Gasteiger partial charge in [-0.15, -0.1) is 0 Å². The third kappa shape index (κ3) is 9.26. The van der Waals surface area contributed by atoms with Crippen LogP contribution in [0.2, 0.25) is 15.1 Å². The number of hydrogen-bond donors (Lipinski definition) is 1. The van der Waals surface area contributed by atoms with Crippen LogP contribution in [-0.4, -0.2) is 44.3 Å². The largest absolute Gasteiger partial charge is 0.354 e. The van der Waals surface area contributed by atoms with Gasteiger partial charge in [0.1, 0.15) is 12.6 Å². The fraction of sp³-hybridized carbons (Fsp3) is 0.257. The molecule has 0 saturated carbocycles. The summed E-state index contributed by atoms with van der Waals surface area (Å²) < 4.78 is 29.3. The molecule has 0 aromatic heterocycles. The van der Waals surface area contributed by atoms with E-state index in [1.807, 2.05) is 51.1 Å². The zero-order valence-electron chi connectivity index (χ0n) is 25.8. The van der Waals surface area contributed by atoms with E-state index in [9.17, 15) is 18.0 Å². The van der Waals surface area contributed by atoms with E-state index in [4.69, 9.17) is 34.8 Å². The highest BCUT2D eigenvalue weighted by molar-refractivity contribution is 7.92. The molecule has 0 aliphatic heterocycles. The van der Waals surface area contributed by atoms with Crippen LogP contribution in [0.25, 0.3) is 0 Å². The fourth-order valence-corrected chi connectivity index (χ4v) is 6.79. The molecule has 0 spiro atoms. The van der Waals surface area contributed by atoms with Crippen molar-refractivity contribution in [2.45, 2.75) is 44.7 Å². The Morgan fingerprint density at radius 2 is 1.46 bits per heavy atom. The Labute approximate surface area is 286 Å². The summed E-state index contributed by atoms with van der Waals surface area (Å²) in [5.74, 6) is -0.802. The van der Waals surface area contributed by atoms with Crippen molar-refractivity contribution in [2.75, 3.05) is 17.4 Å². The first-order valence-corrected chi connectivity index (χ1v) is 17.3. The van der Waals surface area contributed by atoms with Crippen LogP contribution in [0.5, 0.6) is 0 Å². The third-order valence-electron chi connectivity index (χ3n) is 7.31. The summed E-state index contributed by atoms with van der Waals surface area (Å²) >= 11 is 18.9. The second-order valence-electron chi connectivity index (χ2n) is 11.4. The number of aryl methyl sites for hydroxylation is 1. The summed E-state index contributed by atoms with van der Waals surface area (Å²) in [6, 6.07) is 25.8. The zero-order valence-corrected chi connectivity index (χ0v) is 28.9. The van der Waals surface area contributed by atoms with Crippen molar-refractivity contribution < 1.29 is 18.0 Å². The zero-order chi connectivity index (χ0) is 33.4. The number of amides is 2. The molecule has 0 saturated heterocycles. The molecule has 0 aliphatic rings. The van der Waals surface area contributed by atoms with Gasteiger partial charge in [-0.3, -0.25) is 13.9 Å².